The minimum atomic E-state index is -1.16. The summed E-state index contributed by atoms with van der Waals surface area (Å²) in [5.41, 5.74) is 5.44. The molecule has 0 aromatic carbocycles. The Labute approximate surface area is 95.0 Å². The summed E-state index contributed by atoms with van der Waals surface area (Å²) in [5, 5.41) is 21.2. The molecule has 8 nitrogen and oxygen atoms in total. The van der Waals surface area contributed by atoms with Crippen molar-refractivity contribution in [1.29, 1.82) is 5.26 Å². The van der Waals surface area contributed by atoms with Gasteiger partial charge in [0.15, 0.2) is 5.82 Å². The molecule has 0 bridgehead atoms. The molecule has 8 heteroatoms. The second-order valence-electron chi connectivity index (χ2n) is 3.06. The SMILES string of the molecule is N#Cc1ncn(-c2cc(C(=O)O)c(N)cn2)n1. The summed E-state index contributed by atoms with van der Waals surface area (Å²) >= 11 is 0. The van der Waals surface area contributed by atoms with Gasteiger partial charge in [0.25, 0.3) is 5.82 Å². The van der Waals surface area contributed by atoms with Crippen LogP contribution in [0.4, 0.5) is 5.69 Å². The number of nitrogens with two attached hydrogens (primary N) is 1. The number of carboxylic acids is 1. The van der Waals surface area contributed by atoms with E-state index in [2.05, 4.69) is 15.1 Å². The summed E-state index contributed by atoms with van der Waals surface area (Å²) in [6.45, 7) is 0. The number of rotatable bonds is 2. The van der Waals surface area contributed by atoms with E-state index >= 15 is 0 Å². The van der Waals surface area contributed by atoms with Crippen molar-refractivity contribution in [3.8, 4) is 11.9 Å². The lowest BCUT2D eigenvalue weighted by Crippen LogP contribution is -2.07. The van der Waals surface area contributed by atoms with E-state index in [1.165, 1.54) is 23.3 Å². The lowest BCUT2D eigenvalue weighted by molar-refractivity contribution is 0.0698. The van der Waals surface area contributed by atoms with Gasteiger partial charge in [-0.1, -0.05) is 0 Å². The molecule has 2 rings (SSSR count). The number of nitrogens with zero attached hydrogens (tertiary/aromatic N) is 5. The van der Waals surface area contributed by atoms with Crippen molar-refractivity contribution in [3.63, 3.8) is 0 Å². The molecule has 0 radical (unpaired) electrons. The molecule has 0 saturated carbocycles. The number of anilines is 1. The van der Waals surface area contributed by atoms with Gasteiger partial charge in [0.05, 0.1) is 17.4 Å². The van der Waals surface area contributed by atoms with Crippen LogP contribution in [0.5, 0.6) is 0 Å². The van der Waals surface area contributed by atoms with Crippen LogP contribution in [0.25, 0.3) is 5.82 Å². The van der Waals surface area contributed by atoms with Crippen molar-refractivity contribution in [3.05, 3.63) is 30.0 Å². The molecule has 84 valence electrons. The van der Waals surface area contributed by atoms with E-state index in [0.717, 1.165) is 0 Å². The molecule has 2 heterocycles. The quantitative estimate of drug-likeness (QED) is 0.731. The van der Waals surface area contributed by atoms with Crippen molar-refractivity contribution in [2.24, 2.45) is 0 Å². The van der Waals surface area contributed by atoms with E-state index in [1.807, 2.05) is 0 Å². The van der Waals surface area contributed by atoms with E-state index in [1.54, 1.807) is 6.07 Å². The molecule has 0 atom stereocenters. The molecule has 0 aliphatic rings. The Morgan fingerprint density at radius 3 is 2.88 bits per heavy atom. The molecule has 0 aliphatic heterocycles. The summed E-state index contributed by atoms with van der Waals surface area (Å²) < 4.78 is 1.20. The molecule has 2 aromatic rings. The van der Waals surface area contributed by atoms with Gasteiger partial charge in [-0.25, -0.2) is 19.4 Å². The summed E-state index contributed by atoms with van der Waals surface area (Å²) in [6.07, 6.45) is 2.48. The molecule has 0 saturated heterocycles. The molecule has 0 amide bonds. The van der Waals surface area contributed by atoms with E-state index in [4.69, 9.17) is 16.1 Å². The first-order chi connectivity index (χ1) is 8.11. The predicted molar refractivity (Wildman–Crippen MR) is 55.2 cm³/mol. The predicted octanol–water partition coefficient (Wildman–Crippen LogP) is -0.186. The van der Waals surface area contributed by atoms with Gasteiger partial charge >= 0.3 is 5.97 Å². The van der Waals surface area contributed by atoms with Crippen molar-refractivity contribution in [2.75, 3.05) is 5.73 Å². The highest BCUT2D eigenvalue weighted by Gasteiger charge is 2.11. The number of aromatic carboxylic acids is 1. The van der Waals surface area contributed by atoms with Crippen molar-refractivity contribution >= 4 is 11.7 Å². The van der Waals surface area contributed by atoms with Gasteiger partial charge in [0.2, 0.25) is 0 Å². The van der Waals surface area contributed by atoms with Crippen molar-refractivity contribution in [1.82, 2.24) is 19.7 Å². The lowest BCUT2D eigenvalue weighted by atomic mass is 10.2. The van der Waals surface area contributed by atoms with Crippen LogP contribution in [0.15, 0.2) is 18.6 Å². The first-order valence-corrected chi connectivity index (χ1v) is 4.43. The average molecular weight is 230 g/mol. The summed E-state index contributed by atoms with van der Waals surface area (Å²) in [6, 6.07) is 3.01. The summed E-state index contributed by atoms with van der Waals surface area (Å²) in [7, 11) is 0. The highest BCUT2D eigenvalue weighted by Crippen LogP contribution is 2.13. The van der Waals surface area contributed by atoms with Crippen LogP contribution in [-0.4, -0.2) is 30.8 Å². The Bertz CT molecular complexity index is 627. The number of carboxylic acid groups (broad SMARTS) is 1. The lowest BCUT2D eigenvalue weighted by Gasteiger charge is -2.03. The van der Waals surface area contributed by atoms with Gasteiger partial charge in [-0.15, -0.1) is 5.10 Å². The number of nitriles is 1. The van der Waals surface area contributed by atoms with Gasteiger partial charge in [-0.3, -0.25) is 0 Å². The molecular weight excluding hydrogens is 224 g/mol. The third kappa shape index (κ3) is 1.89. The molecule has 17 heavy (non-hydrogen) atoms. The first-order valence-electron chi connectivity index (χ1n) is 4.43. The maximum Gasteiger partial charge on any atom is 0.337 e. The van der Waals surface area contributed by atoms with Crippen molar-refractivity contribution < 1.29 is 9.90 Å². The molecular formula is C9H6N6O2. The topological polar surface area (TPSA) is 131 Å². The average Bonchev–Trinajstić information content (AvgIpc) is 2.78. The Kier molecular flexibility index (Phi) is 2.42. The Morgan fingerprint density at radius 2 is 2.29 bits per heavy atom. The largest absolute Gasteiger partial charge is 0.478 e. The maximum absolute atomic E-state index is 10.9. The minimum absolute atomic E-state index is 0.0273. The van der Waals surface area contributed by atoms with Gasteiger partial charge in [-0.05, 0) is 6.07 Å². The second kappa shape index (κ2) is 3.90. The normalized spacial score (nSPS) is 9.82. The van der Waals surface area contributed by atoms with Crippen LogP contribution in [0, 0.1) is 11.3 Å². The van der Waals surface area contributed by atoms with E-state index in [0.29, 0.717) is 0 Å². The highest BCUT2D eigenvalue weighted by molar-refractivity contribution is 5.93. The molecule has 0 spiro atoms. The molecule has 2 aromatic heterocycles. The smallest absolute Gasteiger partial charge is 0.337 e. The molecule has 3 N–H and O–H groups in total. The van der Waals surface area contributed by atoms with Crippen LogP contribution in [-0.2, 0) is 0 Å². The number of hydrogen-bond donors (Lipinski definition) is 2. The van der Waals surface area contributed by atoms with Crippen LogP contribution in [0.2, 0.25) is 0 Å². The van der Waals surface area contributed by atoms with Crippen LogP contribution >= 0.6 is 0 Å². The summed E-state index contributed by atoms with van der Waals surface area (Å²) in [4.78, 5) is 18.4. The molecule has 0 fully saturated rings. The zero-order valence-corrected chi connectivity index (χ0v) is 8.40. The van der Waals surface area contributed by atoms with Crippen LogP contribution in [0.3, 0.4) is 0 Å². The number of aromatic nitrogens is 4. The third-order valence-corrected chi connectivity index (χ3v) is 1.98. The Balaban J connectivity index is 2.50. The highest BCUT2D eigenvalue weighted by atomic mass is 16.4. The summed E-state index contributed by atoms with van der Waals surface area (Å²) in [5.74, 6) is -0.960. The zero-order chi connectivity index (χ0) is 12.4. The molecule has 0 unspecified atom stereocenters. The maximum atomic E-state index is 10.9. The Hall–Kier alpha value is -2.95. The van der Waals surface area contributed by atoms with E-state index in [-0.39, 0.29) is 22.9 Å². The van der Waals surface area contributed by atoms with Crippen LogP contribution in [0.1, 0.15) is 16.2 Å². The number of nitrogen functional groups attached to an aromatic ring is 1. The number of carbonyl (C=O) groups is 1. The monoisotopic (exact) mass is 230 g/mol. The Morgan fingerprint density at radius 1 is 1.53 bits per heavy atom. The van der Waals surface area contributed by atoms with Crippen molar-refractivity contribution in [2.45, 2.75) is 0 Å². The number of hydrogen-bond acceptors (Lipinski definition) is 6. The number of pyridine rings is 1. The third-order valence-electron chi connectivity index (χ3n) is 1.98. The standard InChI is InChI=1S/C9H6N6O2/c10-2-7-13-4-15(14-7)8-1-5(9(16)17)6(11)3-12-8/h1,3-4H,11H2,(H,16,17). The fraction of sp³-hybridized carbons (Fsp3) is 0. The fourth-order valence-corrected chi connectivity index (χ4v) is 1.19. The van der Waals surface area contributed by atoms with Crippen LogP contribution < -0.4 is 5.73 Å². The zero-order valence-electron chi connectivity index (χ0n) is 8.40. The second-order valence-corrected chi connectivity index (χ2v) is 3.06. The van der Waals surface area contributed by atoms with Gasteiger partial charge in [0, 0.05) is 0 Å². The fourth-order valence-electron chi connectivity index (χ4n) is 1.19. The minimum Gasteiger partial charge on any atom is -0.478 e. The first kappa shape index (κ1) is 10.6. The van der Waals surface area contributed by atoms with E-state index < -0.39 is 5.97 Å². The van der Waals surface area contributed by atoms with Gasteiger partial charge in [0.1, 0.15) is 12.4 Å². The van der Waals surface area contributed by atoms with E-state index in [9.17, 15) is 4.79 Å². The molecule has 0 aliphatic carbocycles. The van der Waals surface area contributed by atoms with Gasteiger partial charge in [-0.2, -0.15) is 5.26 Å². The van der Waals surface area contributed by atoms with Gasteiger partial charge < -0.3 is 10.8 Å².